The number of carbonyl (C=O) groups excluding carboxylic acids is 1. The van der Waals surface area contributed by atoms with Crippen LogP contribution in [0.1, 0.15) is 42.9 Å². The Labute approximate surface area is 121 Å². The average molecular weight is 278 g/mol. The number of hydrogen-bond donors (Lipinski definition) is 1. The van der Waals surface area contributed by atoms with Gasteiger partial charge in [-0.2, -0.15) is 5.10 Å². The summed E-state index contributed by atoms with van der Waals surface area (Å²) in [6.07, 6.45) is 2.31. The summed E-state index contributed by atoms with van der Waals surface area (Å²) in [6, 6.07) is 2.09. The molecule has 1 amide bonds. The van der Waals surface area contributed by atoms with Crippen molar-refractivity contribution in [2.45, 2.75) is 39.7 Å². The summed E-state index contributed by atoms with van der Waals surface area (Å²) < 4.78 is 1.69. The first-order valence-electron chi connectivity index (χ1n) is 7.51. The maximum atomic E-state index is 12.7. The van der Waals surface area contributed by atoms with Crippen molar-refractivity contribution in [2.75, 3.05) is 19.6 Å². The highest BCUT2D eigenvalue weighted by Crippen LogP contribution is 2.17. The highest BCUT2D eigenvalue weighted by Gasteiger charge is 2.25. The number of aromatic nitrogens is 2. The average Bonchev–Trinajstić information content (AvgIpc) is 2.75. The molecule has 1 saturated heterocycles. The minimum Gasteiger partial charge on any atom is -0.335 e. The summed E-state index contributed by atoms with van der Waals surface area (Å²) in [5, 5.41) is 7.65. The molecule has 1 fully saturated rings. The van der Waals surface area contributed by atoms with E-state index in [9.17, 15) is 4.79 Å². The Bertz CT molecular complexity index is 460. The van der Waals surface area contributed by atoms with Gasteiger partial charge in [-0.05, 0) is 58.7 Å². The van der Waals surface area contributed by atoms with Crippen LogP contribution < -0.4 is 5.32 Å². The second kappa shape index (κ2) is 6.39. The van der Waals surface area contributed by atoms with Crippen LogP contribution in [0, 0.1) is 12.8 Å². The lowest BCUT2D eigenvalue weighted by atomic mass is 9.97. The van der Waals surface area contributed by atoms with E-state index in [1.165, 1.54) is 0 Å². The summed E-state index contributed by atoms with van der Waals surface area (Å²) in [5.41, 5.74) is 1.58. The van der Waals surface area contributed by atoms with E-state index in [-0.39, 0.29) is 11.9 Å². The van der Waals surface area contributed by atoms with Crippen LogP contribution in [0.3, 0.4) is 0 Å². The second-order valence-electron chi connectivity index (χ2n) is 6.04. The molecule has 112 valence electrons. The van der Waals surface area contributed by atoms with Gasteiger partial charge in [-0.15, -0.1) is 0 Å². The van der Waals surface area contributed by atoms with Crippen molar-refractivity contribution in [1.29, 1.82) is 0 Å². The number of aryl methyl sites for hydroxylation is 2. The molecule has 1 N–H and O–H groups in total. The zero-order valence-corrected chi connectivity index (χ0v) is 13.0. The molecule has 0 saturated carbocycles. The number of piperidine rings is 1. The van der Waals surface area contributed by atoms with E-state index < -0.39 is 0 Å². The molecule has 2 heterocycles. The van der Waals surface area contributed by atoms with Crippen LogP contribution in [0.2, 0.25) is 0 Å². The van der Waals surface area contributed by atoms with Crippen LogP contribution in [0.25, 0.3) is 0 Å². The topological polar surface area (TPSA) is 50.2 Å². The Kier molecular flexibility index (Phi) is 4.81. The lowest BCUT2D eigenvalue weighted by Crippen LogP contribution is -2.43. The minimum absolute atomic E-state index is 0.0987. The first-order chi connectivity index (χ1) is 9.49. The van der Waals surface area contributed by atoms with Crippen LogP contribution >= 0.6 is 0 Å². The molecule has 1 aromatic heterocycles. The van der Waals surface area contributed by atoms with Crippen molar-refractivity contribution in [3.05, 3.63) is 17.5 Å². The standard InChI is InChI=1S/C15H26N4O/c1-11(2)19(10-13-5-7-16-8-6-13)15(20)14-9-12(3)17-18(14)4/h9,11,13,16H,5-8,10H2,1-4H3. The Morgan fingerprint density at radius 2 is 2.15 bits per heavy atom. The van der Waals surface area contributed by atoms with Gasteiger partial charge in [0.2, 0.25) is 0 Å². The first kappa shape index (κ1) is 15.0. The normalized spacial score (nSPS) is 16.6. The third-order valence-corrected chi connectivity index (χ3v) is 4.02. The number of hydrogen-bond acceptors (Lipinski definition) is 3. The van der Waals surface area contributed by atoms with Gasteiger partial charge in [0, 0.05) is 19.6 Å². The Hall–Kier alpha value is -1.36. The number of rotatable bonds is 4. The molecule has 0 atom stereocenters. The van der Waals surface area contributed by atoms with E-state index in [0.29, 0.717) is 11.6 Å². The van der Waals surface area contributed by atoms with E-state index >= 15 is 0 Å². The summed E-state index contributed by atoms with van der Waals surface area (Å²) in [5.74, 6) is 0.707. The number of carbonyl (C=O) groups is 1. The molecule has 1 aliphatic rings. The van der Waals surface area contributed by atoms with Gasteiger partial charge in [0.05, 0.1) is 5.69 Å². The molecule has 0 aromatic carbocycles. The third kappa shape index (κ3) is 3.39. The van der Waals surface area contributed by atoms with Gasteiger partial charge >= 0.3 is 0 Å². The monoisotopic (exact) mass is 278 g/mol. The molecular formula is C15H26N4O. The highest BCUT2D eigenvalue weighted by atomic mass is 16.2. The van der Waals surface area contributed by atoms with Crippen LogP contribution in [-0.2, 0) is 7.05 Å². The molecule has 1 aromatic rings. The lowest BCUT2D eigenvalue weighted by Gasteiger charge is -2.32. The fraction of sp³-hybridized carbons (Fsp3) is 0.733. The molecule has 5 heteroatoms. The molecular weight excluding hydrogens is 252 g/mol. The quantitative estimate of drug-likeness (QED) is 0.909. The fourth-order valence-electron chi connectivity index (χ4n) is 2.83. The maximum Gasteiger partial charge on any atom is 0.272 e. The van der Waals surface area contributed by atoms with Crippen molar-refractivity contribution in [2.24, 2.45) is 13.0 Å². The molecule has 5 nitrogen and oxygen atoms in total. The Morgan fingerprint density at radius 1 is 1.50 bits per heavy atom. The van der Waals surface area contributed by atoms with Crippen molar-refractivity contribution < 1.29 is 4.79 Å². The predicted octanol–water partition coefficient (Wildman–Crippen LogP) is 1.58. The molecule has 0 bridgehead atoms. The smallest absolute Gasteiger partial charge is 0.272 e. The van der Waals surface area contributed by atoms with E-state index in [2.05, 4.69) is 24.3 Å². The SMILES string of the molecule is Cc1cc(C(=O)N(CC2CCNCC2)C(C)C)n(C)n1. The number of nitrogens with zero attached hydrogens (tertiary/aromatic N) is 3. The number of amides is 1. The molecule has 0 unspecified atom stereocenters. The van der Waals surface area contributed by atoms with Crippen LogP contribution in [0.5, 0.6) is 0 Å². The highest BCUT2D eigenvalue weighted by molar-refractivity contribution is 5.92. The first-order valence-corrected chi connectivity index (χ1v) is 7.51. The second-order valence-corrected chi connectivity index (χ2v) is 6.04. The number of nitrogens with one attached hydrogen (secondary N) is 1. The largest absolute Gasteiger partial charge is 0.335 e. The van der Waals surface area contributed by atoms with Gasteiger partial charge in [0.25, 0.3) is 5.91 Å². The summed E-state index contributed by atoms with van der Waals surface area (Å²) in [6.45, 7) is 9.07. The summed E-state index contributed by atoms with van der Waals surface area (Å²) in [4.78, 5) is 14.7. The Morgan fingerprint density at radius 3 is 2.65 bits per heavy atom. The van der Waals surface area contributed by atoms with Crippen LogP contribution in [-0.4, -0.2) is 46.3 Å². The van der Waals surface area contributed by atoms with Crippen LogP contribution in [0.15, 0.2) is 6.07 Å². The van der Waals surface area contributed by atoms with Gasteiger partial charge in [0.1, 0.15) is 5.69 Å². The van der Waals surface area contributed by atoms with E-state index in [1.807, 2.05) is 24.9 Å². The lowest BCUT2D eigenvalue weighted by molar-refractivity contribution is 0.0646. The van der Waals surface area contributed by atoms with Crippen molar-refractivity contribution >= 4 is 5.91 Å². The van der Waals surface area contributed by atoms with Gasteiger partial charge in [0.15, 0.2) is 0 Å². The predicted molar refractivity (Wildman–Crippen MR) is 79.7 cm³/mol. The van der Waals surface area contributed by atoms with E-state index in [1.54, 1.807) is 4.68 Å². The van der Waals surface area contributed by atoms with Gasteiger partial charge in [-0.3, -0.25) is 9.48 Å². The van der Waals surface area contributed by atoms with E-state index in [0.717, 1.165) is 38.2 Å². The van der Waals surface area contributed by atoms with Crippen molar-refractivity contribution in [1.82, 2.24) is 20.0 Å². The van der Waals surface area contributed by atoms with E-state index in [4.69, 9.17) is 0 Å². The molecule has 0 radical (unpaired) electrons. The zero-order chi connectivity index (χ0) is 14.7. The van der Waals surface area contributed by atoms with Gasteiger partial charge in [-0.25, -0.2) is 0 Å². The van der Waals surface area contributed by atoms with Crippen molar-refractivity contribution in [3.63, 3.8) is 0 Å². The summed E-state index contributed by atoms with van der Waals surface area (Å²) in [7, 11) is 1.84. The van der Waals surface area contributed by atoms with Gasteiger partial charge < -0.3 is 10.2 Å². The van der Waals surface area contributed by atoms with Crippen molar-refractivity contribution in [3.8, 4) is 0 Å². The van der Waals surface area contributed by atoms with Gasteiger partial charge in [-0.1, -0.05) is 0 Å². The minimum atomic E-state index is 0.0987. The molecule has 20 heavy (non-hydrogen) atoms. The molecule has 1 aliphatic heterocycles. The zero-order valence-electron chi connectivity index (χ0n) is 13.0. The third-order valence-electron chi connectivity index (χ3n) is 4.02. The molecule has 0 spiro atoms. The molecule has 2 rings (SSSR count). The molecule has 0 aliphatic carbocycles. The summed E-state index contributed by atoms with van der Waals surface area (Å²) >= 11 is 0. The fourth-order valence-corrected chi connectivity index (χ4v) is 2.83. The Balaban J connectivity index is 2.11. The maximum absolute atomic E-state index is 12.7. The van der Waals surface area contributed by atoms with Crippen LogP contribution in [0.4, 0.5) is 0 Å².